The summed E-state index contributed by atoms with van der Waals surface area (Å²) < 4.78 is 0. The Kier molecular flexibility index (Phi) is 4.46. The molecular formula is C10H19N3O. The van der Waals surface area contributed by atoms with Gasteiger partial charge in [0.2, 0.25) is 0 Å². The van der Waals surface area contributed by atoms with Crippen LogP contribution < -0.4 is 5.43 Å². The van der Waals surface area contributed by atoms with Crippen LogP contribution in [0.3, 0.4) is 0 Å². The van der Waals surface area contributed by atoms with Gasteiger partial charge in [-0.15, -0.1) is 6.58 Å². The highest BCUT2D eigenvalue weighted by molar-refractivity contribution is 5.75. The third kappa shape index (κ3) is 2.73. The zero-order valence-corrected chi connectivity index (χ0v) is 8.83. The predicted molar refractivity (Wildman–Crippen MR) is 56.5 cm³/mol. The largest absolute Gasteiger partial charge is 0.335 e. The van der Waals surface area contributed by atoms with Crippen molar-refractivity contribution in [3.8, 4) is 0 Å². The highest BCUT2D eigenvalue weighted by atomic mass is 16.2. The van der Waals surface area contributed by atoms with Crippen LogP contribution in [0, 0.1) is 0 Å². The topological polar surface area (TPSA) is 35.6 Å². The van der Waals surface area contributed by atoms with E-state index in [9.17, 15) is 4.79 Å². The summed E-state index contributed by atoms with van der Waals surface area (Å²) in [5.41, 5.74) is 3.02. The van der Waals surface area contributed by atoms with Crippen molar-refractivity contribution >= 4 is 6.03 Å². The van der Waals surface area contributed by atoms with Gasteiger partial charge in [-0.05, 0) is 6.42 Å². The average molecular weight is 197 g/mol. The summed E-state index contributed by atoms with van der Waals surface area (Å²) in [6, 6.07) is 0.0704. The molecule has 0 aromatic carbocycles. The first-order valence-corrected chi connectivity index (χ1v) is 5.20. The molecular weight excluding hydrogens is 178 g/mol. The Morgan fingerprint density at radius 2 is 2.36 bits per heavy atom. The van der Waals surface area contributed by atoms with Crippen molar-refractivity contribution in [3.63, 3.8) is 0 Å². The van der Waals surface area contributed by atoms with Gasteiger partial charge in [0.25, 0.3) is 0 Å². The molecule has 1 rings (SSSR count). The number of hydrogen-bond acceptors (Lipinski definition) is 2. The van der Waals surface area contributed by atoms with Crippen molar-refractivity contribution in [1.82, 2.24) is 15.3 Å². The fourth-order valence-corrected chi connectivity index (χ4v) is 1.48. The molecule has 0 bridgehead atoms. The standard InChI is InChI=1S/C10H19N3O/c1-3-5-6-8-12-9-11-13(7-4-2)10(12)14/h4,11H,2-3,5-9H2,1H3. The van der Waals surface area contributed by atoms with E-state index < -0.39 is 0 Å². The highest BCUT2D eigenvalue weighted by Gasteiger charge is 2.26. The van der Waals surface area contributed by atoms with Crippen molar-refractivity contribution in [3.05, 3.63) is 12.7 Å². The summed E-state index contributed by atoms with van der Waals surface area (Å²) in [7, 11) is 0. The number of unbranched alkanes of at least 4 members (excludes halogenated alkanes) is 2. The number of carbonyl (C=O) groups is 1. The summed E-state index contributed by atoms with van der Waals surface area (Å²) in [4.78, 5) is 13.5. The minimum Gasteiger partial charge on any atom is -0.309 e. The van der Waals surface area contributed by atoms with Crippen LogP contribution in [0.2, 0.25) is 0 Å². The molecule has 1 aliphatic heterocycles. The number of amides is 2. The normalized spacial score (nSPS) is 16.5. The first-order chi connectivity index (χ1) is 6.79. The first-order valence-electron chi connectivity index (χ1n) is 5.20. The third-order valence-corrected chi connectivity index (χ3v) is 2.30. The van der Waals surface area contributed by atoms with E-state index in [1.807, 2.05) is 4.90 Å². The minimum absolute atomic E-state index is 0.0704. The molecule has 0 aromatic heterocycles. The van der Waals surface area contributed by atoms with Crippen molar-refractivity contribution in [1.29, 1.82) is 0 Å². The Balaban J connectivity index is 2.28. The minimum atomic E-state index is 0.0704. The van der Waals surface area contributed by atoms with Crippen LogP contribution in [0.15, 0.2) is 12.7 Å². The monoisotopic (exact) mass is 197 g/mol. The van der Waals surface area contributed by atoms with E-state index >= 15 is 0 Å². The maximum Gasteiger partial charge on any atom is 0.335 e. The van der Waals surface area contributed by atoms with Crippen LogP contribution in [-0.4, -0.2) is 35.7 Å². The van der Waals surface area contributed by atoms with E-state index in [1.54, 1.807) is 11.1 Å². The van der Waals surface area contributed by atoms with Gasteiger partial charge in [-0.1, -0.05) is 25.8 Å². The summed E-state index contributed by atoms with van der Waals surface area (Å²) in [5.74, 6) is 0. The number of rotatable bonds is 6. The molecule has 1 saturated heterocycles. The van der Waals surface area contributed by atoms with Gasteiger partial charge in [-0.3, -0.25) is 5.01 Å². The first kappa shape index (κ1) is 11.0. The van der Waals surface area contributed by atoms with Crippen LogP contribution in [-0.2, 0) is 0 Å². The fourth-order valence-electron chi connectivity index (χ4n) is 1.48. The molecule has 1 heterocycles. The van der Waals surface area contributed by atoms with E-state index in [0.717, 1.165) is 13.0 Å². The summed E-state index contributed by atoms with van der Waals surface area (Å²) >= 11 is 0. The van der Waals surface area contributed by atoms with E-state index in [0.29, 0.717) is 13.2 Å². The lowest BCUT2D eigenvalue weighted by Crippen LogP contribution is -2.35. The molecule has 4 heteroatoms. The lowest BCUT2D eigenvalue weighted by Gasteiger charge is -2.15. The van der Waals surface area contributed by atoms with Gasteiger partial charge in [0.15, 0.2) is 0 Å². The maximum absolute atomic E-state index is 11.6. The lowest BCUT2D eigenvalue weighted by molar-refractivity contribution is 0.189. The number of carbonyl (C=O) groups excluding carboxylic acids is 1. The Bertz CT molecular complexity index is 206. The SMILES string of the molecule is C=CCN1NCN(CCCCC)C1=O. The second kappa shape index (κ2) is 5.65. The summed E-state index contributed by atoms with van der Waals surface area (Å²) in [5, 5.41) is 1.60. The van der Waals surface area contributed by atoms with Gasteiger partial charge < -0.3 is 4.90 Å². The summed E-state index contributed by atoms with van der Waals surface area (Å²) in [6.07, 6.45) is 5.18. The predicted octanol–water partition coefficient (Wildman–Crippen LogP) is 1.56. The Morgan fingerprint density at radius 3 is 3.00 bits per heavy atom. The molecule has 1 N–H and O–H groups in total. The van der Waals surface area contributed by atoms with Crippen molar-refractivity contribution < 1.29 is 4.79 Å². The molecule has 0 aromatic rings. The van der Waals surface area contributed by atoms with Gasteiger partial charge in [-0.2, -0.15) is 0 Å². The molecule has 0 radical (unpaired) electrons. The smallest absolute Gasteiger partial charge is 0.309 e. The fraction of sp³-hybridized carbons (Fsp3) is 0.700. The molecule has 0 unspecified atom stereocenters. The molecule has 80 valence electrons. The highest BCUT2D eigenvalue weighted by Crippen LogP contribution is 2.06. The Morgan fingerprint density at radius 1 is 1.57 bits per heavy atom. The number of hydrogen-bond donors (Lipinski definition) is 1. The number of urea groups is 1. The van der Waals surface area contributed by atoms with Gasteiger partial charge in [0.1, 0.15) is 0 Å². The average Bonchev–Trinajstić information content (AvgIpc) is 2.51. The molecule has 14 heavy (non-hydrogen) atoms. The van der Waals surface area contributed by atoms with Crippen molar-refractivity contribution in [2.45, 2.75) is 26.2 Å². The van der Waals surface area contributed by atoms with Crippen molar-refractivity contribution in [2.24, 2.45) is 0 Å². The molecule has 1 fully saturated rings. The Hall–Kier alpha value is -1.03. The third-order valence-electron chi connectivity index (χ3n) is 2.30. The quantitative estimate of drug-likeness (QED) is 0.518. The molecule has 1 aliphatic rings. The molecule has 2 amide bonds. The number of hydrazine groups is 1. The van der Waals surface area contributed by atoms with E-state index in [-0.39, 0.29) is 6.03 Å². The molecule has 0 aliphatic carbocycles. The molecule has 4 nitrogen and oxygen atoms in total. The van der Waals surface area contributed by atoms with Crippen molar-refractivity contribution in [2.75, 3.05) is 19.8 Å². The zero-order valence-electron chi connectivity index (χ0n) is 8.83. The van der Waals surface area contributed by atoms with Gasteiger partial charge in [0.05, 0.1) is 13.2 Å². The maximum atomic E-state index is 11.6. The zero-order chi connectivity index (χ0) is 10.4. The van der Waals surface area contributed by atoms with Crippen LogP contribution in [0.25, 0.3) is 0 Å². The summed E-state index contributed by atoms with van der Waals surface area (Å²) in [6.45, 7) is 7.83. The second-order valence-corrected chi connectivity index (χ2v) is 3.47. The van der Waals surface area contributed by atoms with Crippen LogP contribution >= 0.6 is 0 Å². The van der Waals surface area contributed by atoms with Gasteiger partial charge in [-0.25, -0.2) is 10.2 Å². The Labute approximate surface area is 85.5 Å². The molecule has 0 atom stereocenters. The molecule has 0 spiro atoms. The van der Waals surface area contributed by atoms with Gasteiger partial charge in [0, 0.05) is 6.54 Å². The molecule has 0 saturated carbocycles. The van der Waals surface area contributed by atoms with Gasteiger partial charge >= 0.3 is 6.03 Å². The van der Waals surface area contributed by atoms with Crippen LogP contribution in [0.1, 0.15) is 26.2 Å². The second-order valence-electron chi connectivity index (χ2n) is 3.47. The number of nitrogens with zero attached hydrogens (tertiary/aromatic N) is 2. The van der Waals surface area contributed by atoms with Crippen LogP contribution in [0.4, 0.5) is 4.79 Å². The lowest BCUT2D eigenvalue weighted by atomic mass is 10.2. The van der Waals surface area contributed by atoms with E-state index in [4.69, 9.17) is 0 Å². The van der Waals surface area contributed by atoms with E-state index in [2.05, 4.69) is 18.9 Å². The van der Waals surface area contributed by atoms with E-state index in [1.165, 1.54) is 12.8 Å². The number of nitrogens with one attached hydrogen (secondary N) is 1. The van der Waals surface area contributed by atoms with Crippen LogP contribution in [0.5, 0.6) is 0 Å².